The highest BCUT2D eigenvalue weighted by Gasteiger charge is 2.09. The molecule has 116 valence electrons. The Morgan fingerprint density at radius 3 is 2.59 bits per heavy atom. The van der Waals surface area contributed by atoms with Crippen LogP contribution in [0.1, 0.15) is 18.2 Å². The third-order valence-corrected chi connectivity index (χ3v) is 3.01. The zero-order chi connectivity index (χ0) is 16.1. The van der Waals surface area contributed by atoms with Crippen LogP contribution in [0, 0.1) is 13.8 Å². The molecule has 8 heteroatoms. The van der Waals surface area contributed by atoms with Crippen molar-refractivity contribution in [3.63, 3.8) is 0 Å². The van der Waals surface area contributed by atoms with Crippen LogP contribution in [0.5, 0.6) is 6.01 Å². The largest absolute Gasteiger partial charge is 0.464 e. The van der Waals surface area contributed by atoms with Gasteiger partial charge in [0.05, 0.1) is 31.0 Å². The fourth-order valence-corrected chi connectivity index (χ4v) is 1.73. The summed E-state index contributed by atoms with van der Waals surface area (Å²) >= 11 is 0. The third kappa shape index (κ3) is 3.66. The van der Waals surface area contributed by atoms with Gasteiger partial charge in [0, 0.05) is 11.3 Å². The van der Waals surface area contributed by atoms with E-state index in [1.54, 1.807) is 13.8 Å². The maximum atomic E-state index is 12.0. The van der Waals surface area contributed by atoms with E-state index in [0.29, 0.717) is 23.6 Å². The molecule has 0 aliphatic heterocycles. The molecule has 0 aliphatic carbocycles. The quantitative estimate of drug-likeness (QED) is 0.872. The normalized spacial score (nSPS) is 10.3. The molecule has 2 rings (SSSR count). The first-order valence-corrected chi connectivity index (χ1v) is 6.78. The van der Waals surface area contributed by atoms with Crippen LogP contribution in [0.3, 0.4) is 0 Å². The lowest BCUT2D eigenvalue weighted by Crippen LogP contribution is -2.29. The maximum Gasteiger partial charge on any atom is 0.316 e. The summed E-state index contributed by atoms with van der Waals surface area (Å²) in [6, 6.07) is 0.245. The van der Waals surface area contributed by atoms with Gasteiger partial charge in [-0.3, -0.25) is 14.2 Å². The second-order valence-electron chi connectivity index (χ2n) is 4.62. The summed E-state index contributed by atoms with van der Waals surface area (Å²) < 4.78 is 6.37. The van der Waals surface area contributed by atoms with Gasteiger partial charge in [0.1, 0.15) is 6.54 Å². The number of rotatable bonds is 5. The summed E-state index contributed by atoms with van der Waals surface area (Å²) in [5.41, 5.74) is 1.38. The third-order valence-electron chi connectivity index (χ3n) is 3.01. The summed E-state index contributed by atoms with van der Waals surface area (Å²) in [4.78, 5) is 35.9. The molecule has 0 unspecified atom stereocenters. The lowest BCUT2D eigenvalue weighted by molar-refractivity contribution is -0.116. The van der Waals surface area contributed by atoms with Crippen molar-refractivity contribution in [2.24, 2.45) is 0 Å². The monoisotopic (exact) mass is 303 g/mol. The Labute approximate surface area is 127 Å². The summed E-state index contributed by atoms with van der Waals surface area (Å²) in [7, 11) is 0. The van der Waals surface area contributed by atoms with E-state index in [9.17, 15) is 9.59 Å². The molecule has 0 bridgehead atoms. The highest BCUT2D eigenvalue weighted by molar-refractivity contribution is 5.90. The highest BCUT2D eigenvalue weighted by atomic mass is 16.5. The van der Waals surface area contributed by atoms with Gasteiger partial charge in [-0.15, -0.1) is 0 Å². The Kier molecular flexibility index (Phi) is 4.82. The van der Waals surface area contributed by atoms with E-state index in [-0.39, 0.29) is 24.0 Å². The first kappa shape index (κ1) is 15.6. The van der Waals surface area contributed by atoms with Gasteiger partial charge in [-0.2, -0.15) is 0 Å². The Morgan fingerprint density at radius 2 is 1.95 bits per heavy atom. The average molecular weight is 303 g/mol. The Hall–Kier alpha value is -2.77. The van der Waals surface area contributed by atoms with Crippen molar-refractivity contribution in [2.45, 2.75) is 27.3 Å². The van der Waals surface area contributed by atoms with Gasteiger partial charge in [0.15, 0.2) is 0 Å². The minimum absolute atomic E-state index is 0.125. The number of hydrogen-bond acceptors (Lipinski definition) is 6. The standard InChI is InChI=1S/C14H17N5O3/c1-4-22-14-15-5-11(6-16-14)18-12(20)7-19-8-17-10(3)9(2)13(19)21/h5-6,8H,4,7H2,1-3H3,(H,18,20). The molecule has 0 fully saturated rings. The number of ether oxygens (including phenoxy) is 1. The molecule has 0 saturated heterocycles. The number of carbonyl (C=O) groups is 1. The number of nitrogens with zero attached hydrogens (tertiary/aromatic N) is 4. The summed E-state index contributed by atoms with van der Waals surface area (Å²) in [5, 5.41) is 2.61. The number of aromatic nitrogens is 4. The van der Waals surface area contributed by atoms with E-state index < -0.39 is 0 Å². The molecule has 1 amide bonds. The van der Waals surface area contributed by atoms with E-state index in [2.05, 4.69) is 20.3 Å². The van der Waals surface area contributed by atoms with Gasteiger partial charge in [0.2, 0.25) is 5.91 Å². The fourth-order valence-electron chi connectivity index (χ4n) is 1.73. The average Bonchev–Trinajstić information content (AvgIpc) is 2.50. The molecule has 2 heterocycles. The molecule has 0 saturated carbocycles. The fraction of sp³-hybridized carbons (Fsp3) is 0.357. The second-order valence-corrected chi connectivity index (χ2v) is 4.62. The smallest absolute Gasteiger partial charge is 0.316 e. The summed E-state index contributed by atoms with van der Waals surface area (Å²) in [5.74, 6) is -0.361. The summed E-state index contributed by atoms with van der Waals surface area (Å²) in [6.45, 7) is 5.60. The van der Waals surface area contributed by atoms with E-state index >= 15 is 0 Å². The Bertz CT molecular complexity index is 724. The van der Waals surface area contributed by atoms with Gasteiger partial charge in [0.25, 0.3) is 5.56 Å². The number of hydrogen-bond donors (Lipinski definition) is 1. The molecule has 0 aromatic carbocycles. The van der Waals surface area contributed by atoms with Gasteiger partial charge in [-0.25, -0.2) is 15.0 Å². The topological polar surface area (TPSA) is 99.0 Å². The lowest BCUT2D eigenvalue weighted by atomic mass is 10.3. The zero-order valence-corrected chi connectivity index (χ0v) is 12.7. The highest BCUT2D eigenvalue weighted by Crippen LogP contribution is 2.07. The van der Waals surface area contributed by atoms with Crippen molar-refractivity contribution in [3.8, 4) is 6.01 Å². The Morgan fingerprint density at radius 1 is 1.27 bits per heavy atom. The van der Waals surface area contributed by atoms with Crippen molar-refractivity contribution in [1.82, 2.24) is 19.5 Å². The first-order chi connectivity index (χ1) is 10.5. The molecule has 2 aromatic heterocycles. The van der Waals surface area contributed by atoms with Crippen molar-refractivity contribution in [2.75, 3.05) is 11.9 Å². The minimum Gasteiger partial charge on any atom is -0.464 e. The van der Waals surface area contributed by atoms with Crippen molar-refractivity contribution >= 4 is 11.6 Å². The number of carbonyl (C=O) groups excluding carboxylic acids is 1. The minimum atomic E-state index is -0.361. The maximum absolute atomic E-state index is 12.0. The predicted molar refractivity (Wildman–Crippen MR) is 79.8 cm³/mol. The van der Waals surface area contributed by atoms with Crippen molar-refractivity contribution in [3.05, 3.63) is 40.3 Å². The molecule has 0 spiro atoms. The van der Waals surface area contributed by atoms with E-state index in [0.717, 1.165) is 0 Å². The van der Waals surface area contributed by atoms with Crippen molar-refractivity contribution in [1.29, 1.82) is 0 Å². The van der Waals surface area contributed by atoms with Crippen LogP contribution in [-0.2, 0) is 11.3 Å². The molecule has 0 radical (unpaired) electrons. The molecule has 8 nitrogen and oxygen atoms in total. The SMILES string of the molecule is CCOc1ncc(NC(=O)Cn2cnc(C)c(C)c2=O)cn1. The van der Waals surface area contributed by atoms with Crippen LogP contribution < -0.4 is 15.6 Å². The predicted octanol–water partition coefficient (Wildman–Crippen LogP) is 0.688. The second kappa shape index (κ2) is 6.79. The molecular formula is C14H17N5O3. The van der Waals surface area contributed by atoms with Crippen LogP contribution in [-0.4, -0.2) is 32.0 Å². The van der Waals surface area contributed by atoms with Crippen molar-refractivity contribution < 1.29 is 9.53 Å². The lowest BCUT2D eigenvalue weighted by Gasteiger charge is -2.08. The summed E-state index contributed by atoms with van der Waals surface area (Å²) in [6.07, 6.45) is 4.24. The number of amides is 1. The van der Waals surface area contributed by atoms with Crippen LogP contribution in [0.2, 0.25) is 0 Å². The van der Waals surface area contributed by atoms with Crippen LogP contribution >= 0.6 is 0 Å². The van der Waals surface area contributed by atoms with Gasteiger partial charge >= 0.3 is 6.01 Å². The molecule has 1 N–H and O–H groups in total. The van der Waals surface area contributed by atoms with Gasteiger partial charge in [-0.05, 0) is 20.8 Å². The van der Waals surface area contributed by atoms with E-state index in [1.807, 2.05) is 6.92 Å². The zero-order valence-electron chi connectivity index (χ0n) is 12.7. The first-order valence-electron chi connectivity index (χ1n) is 6.78. The molecular weight excluding hydrogens is 286 g/mol. The van der Waals surface area contributed by atoms with Crippen LogP contribution in [0.4, 0.5) is 5.69 Å². The molecule has 2 aromatic rings. The number of nitrogens with one attached hydrogen (secondary N) is 1. The molecule has 0 atom stereocenters. The molecule has 22 heavy (non-hydrogen) atoms. The van der Waals surface area contributed by atoms with Crippen LogP contribution in [0.15, 0.2) is 23.5 Å². The van der Waals surface area contributed by atoms with Crippen LogP contribution in [0.25, 0.3) is 0 Å². The Balaban J connectivity index is 2.04. The van der Waals surface area contributed by atoms with E-state index in [1.165, 1.54) is 23.3 Å². The van der Waals surface area contributed by atoms with E-state index in [4.69, 9.17) is 4.74 Å². The van der Waals surface area contributed by atoms with Gasteiger partial charge < -0.3 is 10.1 Å². The number of anilines is 1. The molecule has 0 aliphatic rings. The van der Waals surface area contributed by atoms with Gasteiger partial charge in [-0.1, -0.05) is 0 Å². The number of aryl methyl sites for hydroxylation is 1.